The Morgan fingerprint density at radius 3 is 2.33 bits per heavy atom. The lowest BCUT2D eigenvalue weighted by Gasteiger charge is -2.16. The molecule has 2 rings (SSSR count). The molecule has 1 N–H and O–H groups in total. The molecule has 0 saturated heterocycles. The van der Waals surface area contributed by atoms with Gasteiger partial charge in [0.05, 0.1) is 22.2 Å². The van der Waals surface area contributed by atoms with Crippen LogP contribution in [0.2, 0.25) is 0 Å². The van der Waals surface area contributed by atoms with Gasteiger partial charge < -0.3 is 5.11 Å². The summed E-state index contributed by atoms with van der Waals surface area (Å²) in [6.07, 6.45) is 0.842. The molecule has 0 saturated carbocycles. The quantitative estimate of drug-likeness (QED) is 0.917. The molecule has 0 aliphatic rings. The molecule has 0 aliphatic carbocycles. The van der Waals surface area contributed by atoms with Gasteiger partial charge in [-0.2, -0.15) is 0 Å². The maximum absolute atomic E-state index is 9.43. The second kappa shape index (κ2) is 5.21. The molecule has 3 heteroatoms. The normalized spacial score (nSPS) is 11.8. The van der Waals surface area contributed by atoms with Gasteiger partial charge in [0.1, 0.15) is 0 Å². The molecule has 0 amide bonds. The van der Waals surface area contributed by atoms with Crippen LogP contribution in [0, 0.1) is 0 Å². The molecule has 0 spiro atoms. The van der Waals surface area contributed by atoms with Gasteiger partial charge in [-0.3, -0.25) is 0 Å². The van der Waals surface area contributed by atoms with Crippen molar-refractivity contribution in [3.05, 3.63) is 51.5 Å². The first-order chi connectivity index (χ1) is 8.50. The summed E-state index contributed by atoms with van der Waals surface area (Å²) in [5.41, 5.74) is 2.28. The van der Waals surface area contributed by atoms with E-state index in [0.717, 1.165) is 22.0 Å². The highest BCUT2D eigenvalue weighted by Gasteiger charge is 2.22. The fourth-order valence-electron chi connectivity index (χ4n) is 1.94. The number of aliphatic hydroxyl groups excluding tert-OH is 1. The van der Waals surface area contributed by atoms with Crippen LogP contribution in [0.25, 0.3) is 0 Å². The summed E-state index contributed by atoms with van der Waals surface area (Å²) in [6, 6.07) is 10.3. The number of rotatable bonds is 3. The maximum Gasteiger partial charge on any atom is 0.0976 e. The summed E-state index contributed by atoms with van der Waals surface area (Å²) in [5, 5.41) is 10.5. The number of aliphatic hydroxyl groups is 1. The lowest BCUT2D eigenvalue weighted by Crippen LogP contribution is -2.14. The first kappa shape index (κ1) is 13.2. The molecule has 0 bridgehead atoms. The van der Waals surface area contributed by atoms with Crippen LogP contribution in [0.3, 0.4) is 0 Å². The van der Waals surface area contributed by atoms with Crippen LogP contribution >= 0.6 is 11.3 Å². The van der Waals surface area contributed by atoms with Gasteiger partial charge in [0.2, 0.25) is 0 Å². The van der Waals surface area contributed by atoms with Crippen LogP contribution in [0.5, 0.6) is 0 Å². The number of hydrogen-bond donors (Lipinski definition) is 1. The standard InChI is InChI=1S/C15H19NOS/c1-15(2,3)14-12(10-17)18-13(16-14)9-11-7-5-4-6-8-11/h4-8,17H,9-10H2,1-3H3. The van der Waals surface area contributed by atoms with Crippen LogP contribution in [0.4, 0.5) is 0 Å². The summed E-state index contributed by atoms with van der Waals surface area (Å²) in [6.45, 7) is 6.48. The van der Waals surface area contributed by atoms with E-state index in [1.807, 2.05) is 18.2 Å². The van der Waals surface area contributed by atoms with E-state index in [2.05, 4.69) is 32.9 Å². The molecule has 0 radical (unpaired) electrons. The fraction of sp³-hybridized carbons (Fsp3) is 0.400. The van der Waals surface area contributed by atoms with E-state index in [0.29, 0.717) is 0 Å². The van der Waals surface area contributed by atoms with Crippen molar-refractivity contribution in [1.29, 1.82) is 0 Å². The average molecular weight is 261 g/mol. The van der Waals surface area contributed by atoms with Gasteiger partial charge in [-0.15, -0.1) is 11.3 Å². The Balaban J connectivity index is 2.28. The summed E-state index contributed by atoms with van der Waals surface area (Å²) in [4.78, 5) is 5.70. The zero-order valence-corrected chi connectivity index (χ0v) is 11.9. The van der Waals surface area contributed by atoms with Crippen molar-refractivity contribution < 1.29 is 5.11 Å². The van der Waals surface area contributed by atoms with Crippen molar-refractivity contribution in [3.63, 3.8) is 0 Å². The Morgan fingerprint density at radius 2 is 1.83 bits per heavy atom. The van der Waals surface area contributed by atoms with Crippen LogP contribution in [-0.2, 0) is 18.4 Å². The van der Waals surface area contributed by atoms with E-state index in [9.17, 15) is 5.11 Å². The summed E-state index contributed by atoms with van der Waals surface area (Å²) in [5.74, 6) is 0. The molecule has 18 heavy (non-hydrogen) atoms. The smallest absolute Gasteiger partial charge is 0.0976 e. The zero-order chi connectivity index (χ0) is 13.2. The second-order valence-corrected chi connectivity index (χ2v) is 6.62. The first-order valence-corrected chi connectivity index (χ1v) is 6.96. The Hall–Kier alpha value is -1.19. The Labute approximate surface area is 112 Å². The van der Waals surface area contributed by atoms with Gasteiger partial charge >= 0.3 is 0 Å². The third kappa shape index (κ3) is 2.98. The SMILES string of the molecule is CC(C)(C)c1nc(Cc2ccccc2)sc1CO. The number of benzene rings is 1. The number of nitrogens with zero attached hydrogens (tertiary/aromatic N) is 1. The van der Waals surface area contributed by atoms with E-state index in [1.54, 1.807) is 11.3 Å². The molecule has 2 nitrogen and oxygen atoms in total. The van der Waals surface area contributed by atoms with E-state index in [-0.39, 0.29) is 12.0 Å². The molecule has 0 atom stereocenters. The molecule has 96 valence electrons. The highest BCUT2D eigenvalue weighted by molar-refractivity contribution is 7.11. The third-order valence-corrected chi connectivity index (χ3v) is 3.83. The predicted octanol–water partition coefficient (Wildman–Crippen LogP) is 3.52. The summed E-state index contributed by atoms with van der Waals surface area (Å²) in [7, 11) is 0. The number of hydrogen-bond acceptors (Lipinski definition) is 3. The third-order valence-electron chi connectivity index (χ3n) is 2.79. The molecular weight excluding hydrogens is 242 g/mol. The predicted molar refractivity (Wildman–Crippen MR) is 76.0 cm³/mol. The fourth-order valence-corrected chi connectivity index (χ4v) is 3.11. The van der Waals surface area contributed by atoms with Crippen molar-refractivity contribution in [1.82, 2.24) is 4.98 Å². The van der Waals surface area contributed by atoms with Gasteiger partial charge in [-0.25, -0.2) is 4.98 Å². The molecule has 2 aromatic rings. The van der Waals surface area contributed by atoms with Gasteiger partial charge in [-0.05, 0) is 5.56 Å². The van der Waals surface area contributed by atoms with Gasteiger partial charge in [0, 0.05) is 11.8 Å². The van der Waals surface area contributed by atoms with Crippen LogP contribution in [-0.4, -0.2) is 10.1 Å². The van der Waals surface area contributed by atoms with Crippen LogP contribution < -0.4 is 0 Å². The second-order valence-electron chi connectivity index (χ2n) is 5.45. The first-order valence-electron chi connectivity index (χ1n) is 6.14. The highest BCUT2D eigenvalue weighted by Crippen LogP contribution is 2.30. The number of aromatic nitrogens is 1. The summed E-state index contributed by atoms with van der Waals surface area (Å²) >= 11 is 1.62. The monoisotopic (exact) mass is 261 g/mol. The molecular formula is C15H19NOS. The lowest BCUT2D eigenvalue weighted by atomic mass is 9.91. The minimum absolute atomic E-state index is 0.0104. The molecule has 1 heterocycles. The Morgan fingerprint density at radius 1 is 1.17 bits per heavy atom. The van der Waals surface area contributed by atoms with Crippen molar-refractivity contribution in [2.45, 2.75) is 39.2 Å². The van der Waals surface area contributed by atoms with Crippen LogP contribution in [0.15, 0.2) is 30.3 Å². The Kier molecular flexibility index (Phi) is 3.83. The molecule has 0 unspecified atom stereocenters. The molecule has 0 fully saturated rings. The minimum atomic E-state index is -0.0104. The van der Waals surface area contributed by atoms with Crippen molar-refractivity contribution in [2.24, 2.45) is 0 Å². The molecule has 0 aliphatic heterocycles. The average Bonchev–Trinajstić information content (AvgIpc) is 2.73. The van der Waals surface area contributed by atoms with E-state index in [1.165, 1.54) is 5.56 Å². The maximum atomic E-state index is 9.43. The van der Waals surface area contributed by atoms with Crippen molar-refractivity contribution in [2.75, 3.05) is 0 Å². The molecule has 1 aromatic heterocycles. The van der Waals surface area contributed by atoms with E-state index >= 15 is 0 Å². The van der Waals surface area contributed by atoms with E-state index < -0.39 is 0 Å². The van der Waals surface area contributed by atoms with Crippen LogP contribution in [0.1, 0.15) is 41.9 Å². The van der Waals surface area contributed by atoms with Gasteiger partial charge in [-0.1, -0.05) is 51.1 Å². The van der Waals surface area contributed by atoms with Crippen molar-refractivity contribution in [3.8, 4) is 0 Å². The lowest BCUT2D eigenvalue weighted by molar-refractivity contribution is 0.282. The largest absolute Gasteiger partial charge is 0.391 e. The Bertz CT molecular complexity index is 511. The van der Waals surface area contributed by atoms with Gasteiger partial charge in [0.25, 0.3) is 0 Å². The highest BCUT2D eigenvalue weighted by atomic mass is 32.1. The zero-order valence-electron chi connectivity index (χ0n) is 11.1. The number of thiazole rings is 1. The topological polar surface area (TPSA) is 33.1 Å². The van der Waals surface area contributed by atoms with Gasteiger partial charge in [0.15, 0.2) is 0 Å². The minimum Gasteiger partial charge on any atom is -0.391 e. The summed E-state index contributed by atoms with van der Waals surface area (Å²) < 4.78 is 0. The van der Waals surface area contributed by atoms with E-state index in [4.69, 9.17) is 4.98 Å². The molecule has 1 aromatic carbocycles. The van der Waals surface area contributed by atoms with Crippen molar-refractivity contribution >= 4 is 11.3 Å².